The summed E-state index contributed by atoms with van der Waals surface area (Å²) in [7, 11) is 0. The molecule has 72 valence electrons. The van der Waals surface area contributed by atoms with Gasteiger partial charge in [0.1, 0.15) is 12.0 Å². The van der Waals surface area contributed by atoms with E-state index in [4.69, 9.17) is 12.2 Å². The summed E-state index contributed by atoms with van der Waals surface area (Å²) in [4.78, 5) is 4.20. The second-order valence-electron chi connectivity index (χ2n) is 3.51. The van der Waals surface area contributed by atoms with E-state index in [1.807, 2.05) is 0 Å². The lowest BCUT2D eigenvalue weighted by Crippen LogP contribution is -2.60. The van der Waals surface area contributed by atoms with E-state index < -0.39 is 0 Å². The number of amidine groups is 1. The zero-order valence-corrected chi connectivity index (χ0v) is 8.27. The first-order chi connectivity index (χ1) is 6.83. The summed E-state index contributed by atoms with van der Waals surface area (Å²) >= 11 is 4.99. The van der Waals surface area contributed by atoms with Gasteiger partial charge in [-0.05, 0) is 24.7 Å². The number of nitrogens with zero attached hydrogens (tertiary/aromatic N) is 1. The van der Waals surface area contributed by atoms with Crippen LogP contribution in [0.25, 0.3) is 0 Å². The molecule has 5 heteroatoms. The molecule has 0 saturated carbocycles. The van der Waals surface area contributed by atoms with Crippen LogP contribution < -0.4 is 16.0 Å². The Morgan fingerprint density at radius 1 is 1.50 bits per heavy atom. The van der Waals surface area contributed by atoms with E-state index in [2.05, 4.69) is 39.2 Å². The first kappa shape index (κ1) is 8.14. The average molecular weight is 206 g/mol. The quantitative estimate of drug-likeness (QED) is 0.488. The fourth-order valence-corrected chi connectivity index (χ4v) is 2.10. The SMILES string of the molecule is S=C1N=C2NC3=CC=CCC3NC2N1. The maximum atomic E-state index is 4.99. The molecule has 2 unspecified atom stereocenters. The minimum Gasteiger partial charge on any atom is -0.343 e. The van der Waals surface area contributed by atoms with E-state index in [0.29, 0.717) is 11.2 Å². The van der Waals surface area contributed by atoms with Crippen LogP contribution in [0.1, 0.15) is 6.42 Å². The van der Waals surface area contributed by atoms with Gasteiger partial charge in [-0.2, -0.15) is 0 Å². The Morgan fingerprint density at radius 2 is 2.43 bits per heavy atom. The van der Waals surface area contributed by atoms with Crippen molar-refractivity contribution in [1.29, 1.82) is 0 Å². The number of piperazine rings is 1. The Kier molecular flexibility index (Phi) is 1.68. The third-order valence-corrected chi connectivity index (χ3v) is 2.77. The highest BCUT2D eigenvalue weighted by atomic mass is 32.1. The molecule has 4 nitrogen and oxygen atoms in total. The minimum absolute atomic E-state index is 0.0659. The molecule has 0 aromatic heterocycles. The summed E-state index contributed by atoms with van der Waals surface area (Å²) in [6, 6.07) is 0.359. The second-order valence-corrected chi connectivity index (χ2v) is 3.90. The fourth-order valence-electron chi connectivity index (χ4n) is 1.88. The maximum Gasteiger partial charge on any atom is 0.196 e. The van der Waals surface area contributed by atoms with Gasteiger partial charge in [-0.3, -0.25) is 5.32 Å². The van der Waals surface area contributed by atoms with Crippen LogP contribution in [-0.4, -0.2) is 23.2 Å². The Hall–Kier alpha value is -1.20. The van der Waals surface area contributed by atoms with Crippen molar-refractivity contribution < 1.29 is 0 Å². The number of hydrogen-bond acceptors (Lipinski definition) is 3. The van der Waals surface area contributed by atoms with Gasteiger partial charge in [0.15, 0.2) is 5.11 Å². The third-order valence-electron chi connectivity index (χ3n) is 2.56. The molecule has 0 radical (unpaired) electrons. The van der Waals surface area contributed by atoms with E-state index in [1.165, 1.54) is 5.70 Å². The Labute approximate surface area is 87.2 Å². The fraction of sp³-hybridized carbons (Fsp3) is 0.333. The van der Waals surface area contributed by atoms with Crippen LogP contribution in [-0.2, 0) is 0 Å². The molecule has 1 saturated heterocycles. The van der Waals surface area contributed by atoms with Crippen molar-refractivity contribution in [2.45, 2.75) is 18.6 Å². The predicted octanol–water partition coefficient (Wildman–Crippen LogP) is 0.00430. The summed E-state index contributed by atoms with van der Waals surface area (Å²) in [5.41, 5.74) is 1.18. The summed E-state index contributed by atoms with van der Waals surface area (Å²) in [6.45, 7) is 0. The van der Waals surface area contributed by atoms with Crippen molar-refractivity contribution >= 4 is 23.2 Å². The van der Waals surface area contributed by atoms with Crippen LogP contribution in [0.3, 0.4) is 0 Å². The average Bonchev–Trinajstić information content (AvgIpc) is 2.53. The second kappa shape index (κ2) is 2.90. The molecule has 0 spiro atoms. The summed E-state index contributed by atoms with van der Waals surface area (Å²) < 4.78 is 0. The van der Waals surface area contributed by atoms with E-state index in [-0.39, 0.29) is 6.17 Å². The lowest BCUT2D eigenvalue weighted by Gasteiger charge is -2.33. The minimum atomic E-state index is 0.0659. The molecule has 0 amide bonds. The number of fused-ring (bicyclic) bond motifs is 2. The topological polar surface area (TPSA) is 48.5 Å². The van der Waals surface area contributed by atoms with Crippen LogP contribution >= 0.6 is 12.2 Å². The number of nitrogens with one attached hydrogen (secondary N) is 3. The van der Waals surface area contributed by atoms with Crippen LogP contribution in [0.4, 0.5) is 0 Å². The molecule has 2 heterocycles. The Morgan fingerprint density at radius 3 is 3.36 bits per heavy atom. The molecular weight excluding hydrogens is 196 g/mol. The summed E-state index contributed by atoms with van der Waals surface area (Å²) in [6.07, 6.45) is 7.36. The van der Waals surface area contributed by atoms with Gasteiger partial charge in [-0.15, -0.1) is 0 Å². The molecule has 0 bridgehead atoms. The van der Waals surface area contributed by atoms with Crippen LogP contribution in [0.2, 0.25) is 0 Å². The molecule has 3 aliphatic rings. The van der Waals surface area contributed by atoms with E-state index in [9.17, 15) is 0 Å². The van der Waals surface area contributed by atoms with Gasteiger partial charge in [-0.1, -0.05) is 12.2 Å². The normalized spacial score (nSPS) is 33.6. The highest BCUT2D eigenvalue weighted by molar-refractivity contribution is 7.80. The molecule has 3 N–H and O–H groups in total. The van der Waals surface area contributed by atoms with Gasteiger partial charge in [0, 0.05) is 5.70 Å². The standard InChI is InChI=1S/C9H10N4S/c14-9-12-7-8(13-9)11-6-4-2-1-3-5(6)10-7/h1-3,6,8,11H,4H2,(H2,10,12,13,14). The van der Waals surface area contributed by atoms with Gasteiger partial charge in [0.05, 0.1) is 6.04 Å². The number of hydrogen-bond donors (Lipinski definition) is 3. The third kappa shape index (κ3) is 1.17. The molecule has 2 aliphatic heterocycles. The molecule has 3 rings (SSSR count). The van der Waals surface area contributed by atoms with E-state index >= 15 is 0 Å². The van der Waals surface area contributed by atoms with Crippen molar-refractivity contribution in [1.82, 2.24) is 16.0 Å². The Bertz CT molecular complexity index is 378. The lowest BCUT2D eigenvalue weighted by atomic mass is 10.0. The molecule has 1 aliphatic carbocycles. The van der Waals surface area contributed by atoms with Gasteiger partial charge >= 0.3 is 0 Å². The zero-order valence-electron chi connectivity index (χ0n) is 7.45. The zero-order chi connectivity index (χ0) is 9.54. The van der Waals surface area contributed by atoms with Gasteiger partial charge in [0.25, 0.3) is 0 Å². The van der Waals surface area contributed by atoms with Crippen molar-refractivity contribution in [3.63, 3.8) is 0 Å². The van der Waals surface area contributed by atoms with Gasteiger partial charge in [0.2, 0.25) is 0 Å². The van der Waals surface area contributed by atoms with Crippen LogP contribution in [0.15, 0.2) is 28.9 Å². The molecule has 2 atom stereocenters. The molecular formula is C9H10N4S. The van der Waals surface area contributed by atoms with Crippen LogP contribution in [0.5, 0.6) is 0 Å². The first-order valence-electron chi connectivity index (χ1n) is 4.62. The largest absolute Gasteiger partial charge is 0.343 e. The number of allylic oxidation sites excluding steroid dienone is 2. The number of aliphatic imine (C=N–C) groups is 1. The highest BCUT2D eigenvalue weighted by Crippen LogP contribution is 2.16. The number of thiocarbonyl (C=S) groups is 1. The Balaban J connectivity index is 1.91. The molecule has 1 fully saturated rings. The number of rotatable bonds is 0. The molecule has 14 heavy (non-hydrogen) atoms. The van der Waals surface area contributed by atoms with Crippen molar-refractivity contribution in [3.8, 4) is 0 Å². The van der Waals surface area contributed by atoms with E-state index in [1.54, 1.807) is 0 Å². The van der Waals surface area contributed by atoms with Gasteiger partial charge in [-0.25, -0.2) is 4.99 Å². The summed E-state index contributed by atoms with van der Waals surface area (Å²) in [5.74, 6) is 0.882. The predicted molar refractivity (Wildman–Crippen MR) is 58.9 cm³/mol. The van der Waals surface area contributed by atoms with E-state index in [0.717, 1.165) is 12.3 Å². The summed E-state index contributed by atoms with van der Waals surface area (Å²) in [5, 5.41) is 10.4. The smallest absolute Gasteiger partial charge is 0.196 e. The molecule has 0 aromatic carbocycles. The monoisotopic (exact) mass is 206 g/mol. The van der Waals surface area contributed by atoms with Crippen molar-refractivity contribution in [2.75, 3.05) is 0 Å². The maximum absolute atomic E-state index is 4.99. The van der Waals surface area contributed by atoms with Gasteiger partial charge < -0.3 is 10.6 Å². The first-order valence-corrected chi connectivity index (χ1v) is 5.02. The lowest BCUT2D eigenvalue weighted by molar-refractivity contribution is 0.476. The van der Waals surface area contributed by atoms with Crippen LogP contribution in [0, 0.1) is 0 Å². The van der Waals surface area contributed by atoms with Crippen molar-refractivity contribution in [3.05, 3.63) is 23.9 Å². The molecule has 0 aromatic rings. The van der Waals surface area contributed by atoms with Crippen molar-refractivity contribution in [2.24, 2.45) is 4.99 Å². The highest BCUT2D eigenvalue weighted by Gasteiger charge is 2.33.